The lowest BCUT2D eigenvalue weighted by Gasteiger charge is -2.20. The normalized spacial score (nSPS) is 17.6. The molecule has 0 saturated carbocycles. The van der Waals surface area contributed by atoms with E-state index in [-0.39, 0.29) is 32.1 Å². The maximum absolute atomic E-state index is 12.7. The van der Waals surface area contributed by atoms with Gasteiger partial charge in [0.2, 0.25) is 5.91 Å². The van der Waals surface area contributed by atoms with Crippen molar-refractivity contribution in [3.63, 3.8) is 0 Å². The van der Waals surface area contributed by atoms with Gasteiger partial charge >= 0.3 is 18.6 Å². The molecule has 2 atom stereocenters. The first-order valence-corrected chi connectivity index (χ1v) is 9.21. The Balaban J connectivity index is 1.97. The van der Waals surface area contributed by atoms with Gasteiger partial charge in [0.25, 0.3) is 0 Å². The first kappa shape index (κ1) is 22.5. The topological polar surface area (TPSA) is 85.2 Å². The number of amides is 1. The number of hydrogen-bond acceptors (Lipinski definition) is 7. The Kier molecular flexibility index (Phi) is 8.32. The fraction of sp³-hybridized carbons (Fsp3) is 0.526. The summed E-state index contributed by atoms with van der Waals surface area (Å²) in [6, 6.07) is 5.69. The van der Waals surface area contributed by atoms with Crippen LogP contribution in [0.4, 0.5) is 8.78 Å². The number of esters is 2. The number of ether oxygens (including phenoxy) is 3. The van der Waals surface area contributed by atoms with Crippen LogP contribution in [-0.2, 0) is 30.4 Å². The smallest absolute Gasteiger partial charge is 0.387 e. The van der Waals surface area contributed by atoms with Crippen molar-refractivity contribution < 1.29 is 37.4 Å². The van der Waals surface area contributed by atoms with E-state index in [1.807, 2.05) is 0 Å². The number of benzene rings is 1. The third-order valence-electron chi connectivity index (χ3n) is 4.07. The summed E-state index contributed by atoms with van der Waals surface area (Å²) >= 11 is 0. The molecule has 0 radical (unpaired) electrons. The van der Waals surface area contributed by atoms with Crippen LogP contribution < -0.4 is 4.74 Å². The fourth-order valence-corrected chi connectivity index (χ4v) is 2.79. The van der Waals surface area contributed by atoms with Gasteiger partial charge in [0, 0.05) is 13.1 Å². The van der Waals surface area contributed by atoms with Crippen molar-refractivity contribution in [3.8, 4) is 5.75 Å². The highest BCUT2D eigenvalue weighted by Gasteiger charge is 2.43. The summed E-state index contributed by atoms with van der Waals surface area (Å²) in [5.74, 6) is -1.59. The van der Waals surface area contributed by atoms with Gasteiger partial charge in [-0.05, 0) is 31.5 Å². The molecular weight excluding hydrogens is 390 g/mol. The largest absolute Gasteiger partial charge is 0.465 e. The van der Waals surface area contributed by atoms with Gasteiger partial charge in [-0.2, -0.15) is 8.78 Å². The van der Waals surface area contributed by atoms with Crippen molar-refractivity contribution in [2.24, 2.45) is 0 Å². The monoisotopic (exact) mass is 414 g/mol. The van der Waals surface area contributed by atoms with E-state index in [2.05, 4.69) is 4.74 Å². The molecule has 1 aliphatic rings. The Morgan fingerprint density at radius 1 is 1.14 bits per heavy atom. The van der Waals surface area contributed by atoms with Gasteiger partial charge in [0.15, 0.2) is 0 Å². The molecule has 2 unspecified atom stereocenters. The van der Waals surface area contributed by atoms with E-state index in [1.165, 1.54) is 12.1 Å². The van der Waals surface area contributed by atoms with Gasteiger partial charge < -0.3 is 19.1 Å². The third kappa shape index (κ3) is 7.30. The lowest BCUT2D eigenvalue weighted by Crippen LogP contribution is -2.43. The van der Waals surface area contributed by atoms with Crippen LogP contribution in [0.15, 0.2) is 24.3 Å². The highest BCUT2D eigenvalue weighted by Crippen LogP contribution is 2.25. The van der Waals surface area contributed by atoms with Crippen LogP contribution >= 0.6 is 0 Å². The number of hydrogen-bond donors (Lipinski definition) is 0. The SMILES string of the molecule is CCOC(=O)CN(CC(=O)OCC)C(=O)C1CN1Cc1cccc(OC(F)F)c1. The standard InChI is InChI=1S/C19H24F2N2O6/c1-3-27-16(24)11-23(12-17(25)28-4-2)18(26)15-10-22(15)9-13-6-5-7-14(8-13)29-19(20)21/h5-8,15,19H,3-4,9-12H2,1-2H3. The van der Waals surface area contributed by atoms with E-state index in [1.54, 1.807) is 30.9 Å². The molecule has 1 aromatic rings. The quantitative estimate of drug-likeness (QED) is 0.400. The molecule has 0 N–H and O–H groups in total. The van der Waals surface area contributed by atoms with E-state index in [0.29, 0.717) is 18.7 Å². The molecule has 0 aliphatic carbocycles. The second-order valence-corrected chi connectivity index (χ2v) is 6.28. The van der Waals surface area contributed by atoms with Gasteiger partial charge in [-0.3, -0.25) is 19.3 Å². The van der Waals surface area contributed by atoms with Crippen molar-refractivity contribution in [1.29, 1.82) is 0 Å². The molecule has 0 bridgehead atoms. The molecule has 160 valence electrons. The van der Waals surface area contributed by atoms with E-state index >= 15 is 0 Å². The second kappa shape index (κ2) is 10.7. The van der Waals surface area contributed by atoms with Crippen LogP contribution in [0.25, 0.3) is 0 Å². The molecule has 1 aliphatic heterocycles. The summed E-state index contributed by atoms with van der Waals surface area (Å²) < 4.78 is 38.8. The van der Waals surface area contributed by atoms with Gasteiger partial charge in [0.1, 0.15) is 24.9 Å². The van der Waals surface area contributed by atoms with Crippen LogP contribution in [-0.4, -0.2) is 73.1 Å². The predicted octanol–water partition coefficient (Wildman–Crippen LogP) is 1.43. The third-order valence-corrected chi connectivity index (χ3v) is 4.07. The Bertz CT molecular complexity index is 710. The minimum absolute atomic E-state index is 0.0356. The van der Waals surface area contributed by atoms with E-state index in [4.69, 9.17) is 9.47 Å². The average molecular weight is 414 g/mol. The van der Waals surface area contributed by atoms with Crippen LogP contribution in [0.5, 0.6) is 5.75 Å². The molecule has 29 heavy (non-hydrogen) atoms. The lowest BCUT2D eigenvalue weighted by atomic mass is 10.2. The van der Waals surface area contributed by atoms with Crippen molar-refractivity contribution in [2.45, 2.75) is 33.0 Å². The lowest BCUT2D eigenvalue weighted by molar-refractivity contribution is -0.154. The maximum Gasteiger partial charge on any atom is 0.387 e. The zero-order valence-corrected chi connectivity index (χ0v) is 16.3. The minimum Gasteiger partial charge on any atom is -0.465 e. The highest BCUT2D eigenvalue weighted by atomic mass is 19.3. The molecule has 0 aromatic heterocycles. The molecule has 2 rings (SSSR count). The minimum atomic E-state index is -2.92. The molecule has 1 aromatic carbocycles. The summed E-state index contributed by atoms with van der Waals surface area (Å²) in [4.78, 5) is 39.2. The molecule has 8 nitrogen and oxygen atoms in total. The van der Waals surface area contributed by atoms with Gasteiger partial charge in [-0.15, -0.1) is 0 Å². The van der Waals surface area contributed by atoms with Crippen molar-refractivity contribution >= 4 is 17.8 Å². The number of alkyl halides is 2. The summed E-state index contributed by atoms with van der Waals surface area (Å²) in [6.07, 6.45) is 0. The Hall–Kier alpha value is -2.75. The van der Waals surface area contributed by atoms with Gasteiger partial charge in [-0.25, -0.2) is 0 Å². The predicted molar refractivity (Wildman–Crippen MR) is 97.1 cm³/mol. The zero-order chi connectivity index (χ0) is 21.4. The summed E-state index contributed by atoms with van der Waals surface area (Å²) in [6.45, 7) is 0.735. The Morgan fingerprint density at radius 2 is 1.76 bits per heavy atom. The van der Waals surface area contributed by atoms with Crippen molar-refractivity contribution in [1.82, 2.24) is 9.80 Å². The summed E-state index contributed by atoms with van der Waals surface area (Å²) in [5, 5.41) is 0. The highest BCUT2D eigenvalue weighted by molar-refractivity contribution is 5.90. The molecule has 1 amide bonds. The molecule has 1 heterocycles. The number of carbonyl (C=O) groups is 3. The molecular formula is C19H24F2N2O6. The molecule has 0 spiro atoms. The molecule has 1 saturated heterocycles. The first-order valence-electron chi connectivity index (χ1n) is 9.21. The Morgan fingerprint density at radius 3 is 2.31 bits per heavy atom. The van der Waals surface area contributed by atoms with E-state index in [0.717, 1.165) is 4.90 Å². The number of carbonyl (C=O) groups excluding carboxylic acids is 3. The molecule has 10 heteroatoms. The fourth-order valence-electron chi connectivity index (χ4n) is 2.79. The van der Waals surface area contributed by atoms with Crippen molar-refractivity contribution in [2.75, 3.05) is 32.8 Å². The second-order valence-electron chi connectivity index (χ2n) is 6.28. The first-order chi connectivity index (χ1) is 13.8. The number of rotatable bonds is 11. The van der Waals surface area contributed by atoms with Crippen LogP contribution in [0.1, 0.15) is 19.4 Å². The van der Waals surface area contributed by atoms with Gasteiger partial charge in [0.05, 0.1) is 13.2 Å². The average Bonchev–Trinajstić information content (AvgIpc) is 3.39. The zero-order valence-electron chi connectivity index (χ0n) is 16.3. The van der Waals surface area contributed by atoms with Crippen molar-refractivity contribution in [3.05, 3.63) is 29.8 Å². The van der Waals surface area contributed by atoms with Gasteiger partial charge in [-0.1, -0.05) is 12.1 Å². The summed E-state index contributed by atoms with van der Waals surface area (Å²) in [7, 11) is 0. The van der Waals surface area contributed by atoms with Crippen LogP contribution in [0, 0.1) is 0 Å². The summed E-state index contributed by atoms with van der Waals surface area (Å²) in [5.41, 5.74) is 0.695. The Labute approximate surface area is 167 Å². The molecule has 1 fully saturated rings. The van der Waals surface area contributed by atoms with Crippen LogP contribution in [0.2, 0.25) is 0 Å². The maximum atomic E-state index is 12.7. The number of nitrogens with zero attached hydrogens (tertiary/aromatic N) is 2. The van der Waals surface area contributed by atoms with E-state index in [9.17, 15) is 23.2 Å². The van der Waals surface area contributed by atoms with Crippen LogP contribution in [0.3, 0.4) is 0 Å². The van der Waals surface area contributed by atoms with E-state index < -0.39 is 30.5 Å². The number of halogens is 2.